The number of carbonyl (C=O) groups excluding carboxylic acids is 1. The molecule has 0 spiro atoms. The molecule has 1 aromatic heterocycles. The predicted molar refractivity (Wildman–Crippen MR) is 96.6 cm³/mol. The Morgan fingerprint density at radius 1 is 1.40 bits per heavy atom. The van der Waals surface area contributed by atoms with Gasteiger partial charge in [0.2, 0.25) is 0 Å². The number of nitrogens with zero attached hydrogens (tertiary/aromatic N) is 1. The van der Waals surface area contributed by atoms with Crippen LogP contribution >= 0.6 is 11.3 Å². The number of anilines is 1. The molecule has 0 saturated carbocycles. The van der Waals surface area contributed by atoms with Gasteiger partial charge in [-0.3, -0.25) is 0 Å². The number of carbonyl (C=O) groups is 1. The molecule has 0 radical (unpaired) electrons. The Kier molecular flexibility index (Phi) is 7.17. The van der Waals surface area contributed by atoms with Crippen LogP contribution in [-0.2, 0) is 16.0 Å². The molecule has 1 heterocycles. The molecule has 2 rings (SSSR count). The van der Waals surface area contributed by atoms with Crippen LogP contribution in [0.3, 0.4) is 0 Å². The summed E-state index contributed by atoms with van der Waals surface area (Å²) in [6, 6.07) is 7.70. The van der Waals surface area contributed by atoms with Crippen LogP contribution in [0.2, 0.25) is 0 Å². The number of esters is 1. The Labute approximate surface area is 150 Å². The number of hydrogen-bond acceptors (Lipinski definition) is 8. The lowest BCUT2D eigenvalue weighted by Gasteiger charge is -2.16. The van der Waals surface area contributed by atoms with Gasteiger partial charge in [0.05, 0.1) is 12.8 Å². The van der Waals surface area contributed by atoms with E-state index in [1.165, 1.54) is 18.4 Å². The minimum absolute atomic E-state index is 0.104. The normalized spacial score (nSPS) is 13.2. The van der Waals surface area contributed by atoms with Gasteiger partial charge in [-0.1, -0.05) is 12.1 Å². The van der Waals surface area contributed by atoms with Gasteiger partial charge in [-0.05, 0) is 31.0 Å². The van der Waals surface area contributed by atoms with E-state index in [-0.39, 0.29) is 12.6 Å². The van der Waals surface area contributed by atoms with Crippen LogP contribution < -0.4 is 15.8 Å². The summed E-state index contributed by atoms with van der Waals surface area (Å²) in [6.45, 7) is 2.35. The molecule has 0 aliphatic rings. The Bertz CT molecular complexity index is 675. The Morgan fingerprint density at radius 2 is 2.12 bits per heavy atom. The third-order valence-electron chi connectivity index (χ3n) is 3.59. The number of aliphatic hydroxyl groups is 1. The van der Waals surface area contributed by atoms with Crippen LogP contribution in [0.5, 0.6) is 5.75 Å². The van der Waals surface area contributed by atoms with Crippen molar-refractivity contribution in [2.75, 3.05) is 26.0 Å². The molecule has 7 nitrogen and oxygen atoms in total. The first-order valence-corrected chi connectivity index (χ1v) is 8.76. The van der Waals surface area contributed by atoms with E-state index in [9.17, 15) is 9.90 Å². The summed E-state index contributed by atoms with van der Waals surface area (Å²) in [5.74, 6) is 0.202. The molecule has 25 heavy (non-hydrogen) atoms. The minimum Gasteiger partial charge on any atom is -0.482 e. The average Bonchev–Trinajstić information content (AvgIpc) is 3.05. The van der Waals surface area contributed by atoms with Crippen LogP contribution in [0, 0.1) is 0 Å². The van der Waals surface area contributed by atoms with Crippen LogP contribution in [-0.4, -0.2) is 42.4 Å². The van der Waals surface area contributed by atoms with Gasteiger partial charge in [0, 0.05) is 18.0 Å². The highest BCUT2D eigenvalue weighted by molar-refractivity contribution is 7.13. The maximum atomic E-state index is 11.0. The van der Waals surface area contributed by atoms with Gasteiger partial charge >= 0.3 is 5.97 Å². The molecule has 0 amide bonds. The summed E-state index contributed by atoms with van der Waals surface area (Å²) in [7, 11) is 1.32. The van der Waals surface area contributed by atoms with Gasteiger partial charge in [0.1, 0.15) is 11.9 Å². The van der Waals surface area contributed by atoms with Crippen molar-refractivity contribution in [2.45, 2.75) is 25.5 Å². The molecule has 4 N–H and O–H groups in total. The SMILES string of the molecule is COC(=O)COc1ccc(CC(C)NCC(O)c2csc(N)n2)cc1. The predicted octanol–water partition coefficient (Wildman–Crippen LogP) is 1.53. The molecule has 1 aromatic carbocycles. The molecule has 0 saturated heterocycles. The summed E-state index contributed by atoms with van der Waals surface area (Å²) in [6.07, 6.45) is 0.119. The maximum absolute atomic E-state index is 11.0. The number of methoxy groups -OCH3 is 1. The van der Waals surface area contributed by atoms with Crippen molar-refractivity contribution in [1.82, 2.24) is 10.3 Å². The molecule has 0 bridgehead atoms. The van der Waals surface area contributed by atoms with Gasteiger partial charge in [-0.2, -0.15) is 0 Å². The highest BCUT2D eigenvalue weighted by Crippen LogP contribution is 2.18. The first-order valence-electron chi connectivity index (χ1n) is 7.89. The highest BCUT2D eigenvalue weighted by atomic mass is 32.1. The maximum Gasteiger partial charge on any atom is 0.343 e. The van der Waals surface area contributed by atoms with Crippen LogP contribution in [0.15, 0.2) is 29.6 Å². The van der Waals surface area contributed by atoms with E-state index in [4.69, 9.17) is 10.5 Å². The van der Waals surface area contributed by atoms with Crippen molar-refractivity contribution in [3.8, 4) is 5.75 Å². The van der Waals surface area contributed by atoms with Gasteiger partial charge in [0.15, 0.2) is 11.7 Å². The smallest absolute Gasteiger partial charge is 0.343 e. The summed E-state index contributed by atoms with van der Waals surface area (Å²) < 4.78 is 9.83. The molecule has 2 aromatic rings. The second-order valence-electron chi connectivity index (χ2n) is 5.65. The molecular weight excluding hydrogens is 342 g/mol. The monoisotopic (exact) mass is 365 g/mol. The summed E-state index contributed by atoms with van der Waals surface area (Å²) in [5.41, 5.74) is 7.29. The number of nitrogens with one attached hydrogen (secondary N) is 1. The zero-order valence-electron chi connectivity index (χ0n) is 14.3. The number of ether oxygens (including phenoxy) is 2. The fourth-order valence-electron chi connectivity index (χ4n) is 2.22. The average molecular weight is 365 g/mol. The van der Waals surface area contributed by atoms with E-state index >= 15 is 0 Å². The fourth-order valence-corrected chi connectivity index (χ4v) is 2.83. The van der Waals surface area contributed by atoms with Crippen LogP contribution in [0.1, 0.15) is 24.3 Å². The summed E-state index contributed by atoms with van der Waals surface area (Å²) >= 11 is 1.32. The molecule has 0 aliphatic heterocycles. The van der Waals surface area contributed by atoms with Crippen molar-refractivity contribution in [3.05, 3.63) is 40.9 Å². The first kappa shape index (κ1) is 19.2. The number of nitrogen functional groups attached to an aromatic ring is 1. The lowest BCUT2D eigenvalue weighted by Crippen LogP contribution is -2.32. The Balaban J connectivity index is 1.76. The van der Waals surface area contributed by atoms with E-state index in [1.54, 1.807) is 5.38 Å². The molecule has 0 aliphatic carbocycles. The van der Waals surface area contributed by atoms with Gasteiger partial charge in [-0.25, -0.2) is 9.78 Å². The van der Waals surface area contributed by atoms with Gasteiger partial charge in [0.25, 0.3) is 0 Å². The van der Waals surface area contributed by atoms with Crippen molar-refractivity contribution >= 4 is 22.4 Å². The summed E-state index contributed by atoms with van der Waals surface area (Å²) in [4.78, 5) is 15.1. The highest BCUT2D eigenvalue weighted by Gasteiger charge is 2.13. The van der Waals surface area contributed by atoms with E-state index < -0.39 is 12.1 Å². The second kappa shape index (κ2) is 9.36. The number of aliphatic hydroxyl groups excluding tert-OH is 1. The van der Waals surface area contributed by atoms with Crippen LogP contribution in [0.4, 0.5) is 5.13 Å². The summed E-state index contributed by atoms with van der Waals surface area (Å²) in [5, 5.41) is 15.6. The largest absolute Gasteiger partial charge is 0.482 e. The van der Waals surface area contributed by atoms with E-state index in [0.717, 1.165) is 12.0 Å². The number of aromatic nitrogens is 1. The number of hydrogen-bond donors (Lipinski definition) is 3. The van der Waals surface area contributed by atoms with Crippen molar-refractivity contribution in [3.63, 3.8) is 0 Å². The van der Waals surface area contributed by atoms with E-state index in [2.05, 4.69) is 15.0 Å². The standard InChI is InChI=1S/C17H23N3O4S/c1-11(19-8-15(21)14-10-25-17(18)20-14)7-12-3-5-13(6-4-12)24-9-16(22)23-2/h3-6,10-11,15,19,21H,7-9H2,1-2H3,(H2,18,20). The number of nitrogens with two attached hydrogens (primary N) is 1. The molecule has 0 fully saturated rings. The first-order chi connectivity index (χ1) is 12.0. The number of benzene rings is 1. The fraction of sp³-hybridized carbons (Fsp3) is 0.412. The van der Waals surface area contributed by atoms with Crippen molar-refractivity contribution < 1.29 is 19.4 Å². The zero-order chi connectivity index (χ0) is 18.2. The minimum atomic E-state index is -0.676. The third-order valence-corrected chi connectivity index (χ3v) is 4.28. The quantitative estimate of drug-likeness (QED) is 0.579. The Hall–Kier alpha value is -2.16. The molecule has 2 atom stereocenters. The number of thiazole rings is 1. The van der Waals surface area contributed by atoms with Crippen molar-refractivity contribution in [2.24, 2.45) is 0 Å². The number of rotatable bonds is 9. The lowest BCUT2D eigenvalue weighted by atomic mass is 10.1. The van der Waals surface area contributed by atoms with Crippen molar-refractivity contribution in [1.29, 1.82) is 0 Å². The molecule has 8 heteroatoms. The Morgan fingerprint density at radius 3 is 2.72 bits per heavy atom. The van der Waals surface area contributed by atoms with E-state index in [1.807, 2.05) is 31.2 Å². The second-order valence-corrected chi connectivity index (χ2v) is 6.54. The molecule has 136 valence electrons. The van der Waals surface area contributed by atoms with Crippen LogP contribution in [0.25, 0.3) is 0 Å². The van der Waals surface area contributed by atoms with Gasteiger partial charge < -0.3 is 25.6 Å². The van der Waals surface area contributed by atoms with E-state index in [0.29, 0.717) is 23.1 Å². The van der Waals surface area contributed by atoms with Gasteiger partial charge in [-0.15, -0.1) is 11.3 Å². The molecular formula is C17H23N3O4S. The third kappa shape index (κ3) is 6.33. The topological polar surface area (TPSA) is 107 Å². The lowest BCUT2D eigenvalue weighted by molar-refractivity contribution is -0.142. The zero-order valence-corrected chi connectivity index (χ0v) is 15.1. The molecule has 2 unspecified atom stereocenters.